The molecule has 0 aliphatic carbocycles. The first-order chi connectivity index (χ1) is 18.6. The average Bonchev–Trinajstić information content (AvgIpc) is 2.92. The maximum absolute atomic E-state index is 14.1. The molecule has 8 nitrogen and oxygen atoms in total. The van der Waals surface area contributed by atoms with Crippen molar-refractivity contribution in [1.29, 1.82) is 0 Å². The molecule has 208 valence electrons. The number of amides is 2. The van der Waals surface area contributed by atoms with Gasteiger partial charge in [0.1, 0.15) is 18.3 Å². The van der Waals surface area contributed by atoms with Gasteiger partial charge in [0.15, 0.2) is 0 Å². The lowest BCUT2D eigenvalue weighted by Gasteiger charge is -2.34. The first-order valence-corrected chi connectivity index (χ1v) is 14.4. The van der Waals surface area contributed by atoms with Crippen LogP contribution in [-0.2, 0) is 26.2 Å². The van der Waals surface area contributed by atoms with E-state index in [0.717, 1.165) is 9.87 Å². The number of benzene rings is 3. The minimum atomic E-state index is -4.23. The summed E-state index contributed by atoms with van der Waals surface area (Å²) in [6.45, 7) is 5.04. The Morgan fingerprint density at radius 1 is 0.974 bits per heavy atom. The predicted octanol–water partition coefficient (Wildman–Crippen LogP) is 4.88. The Morgan fingerprint density at radius 3 is 2.15 bits per heavy atom. The van der Waals surface area contributed by atoms with Crippen molar-refractivity contribution < 1.29 is 22.7 Å². The van der Waals surface area contributed by atoms with Gasteiger partial charge in [-0.1, -0.05) is 67.1 Å². The summed E-state index contributed by atoms with van der Waals surface area (Å²) >= 11 is 6.26. The summed E-state index contributed by atoms with van der Waals surface area (Å²) in [6, 6.07) is 20.7. The van der Waals surface area contributed by atoms with Gasteiger partial charge in [0, 0.05) is 17.6 Å². The molecule has 0 spiro atoms. The number of hydrogen-bond donors (Lipinski definition) is 1. The van der Waals surface area contributed by atoms with Crippen LogP contribution in [0, 0.1) is 0 Å². The SMILES string of the molecule is CC[C@@H](C(=O)NC(C)C)N(Cc1ccccc1)C(=O)CN(c1cc(Cl)ccc1OC)S(=O)(=O)c1ccccc1. The lowest BCUT2D eigenvalue weighted by Crippen LogP contribution is -2.53. The van der Waals surface area contributed by atoms with Crippen LogP contribution in [0.25, 0.3) is 0 Å². The molecule has 0 bridgehead atoms. The molecular formula is C29H34ClN3O5S. The second kappa shape index (κ2) is 13.5. The van der Waals surface area contributed by atoms with Crippen molar-refractivity contribution >= 4 is 39.1 Å². The van der Waals surface area contributed by atoms with Gasteiger partial charge in [-0.25, -0.2) is 8.42 Å². The van der Waals surface area contributed by atoms with Gasteiger partial charge in [-0.2, -0.15) is 0 Å². The van der Waals surface area contributed by atoms with Crippen LogP contribution >= 0.6 is 11.6 Å². The Balaban J connectivity index is 2.11. The maximum Gasteiger partial charge on any atom is 0.264 e. The number of carbonyl (C=O) groups excluding carboxylic acids is 2. The van der Waals surface area contributed by atoms with Crippen molar-refractivity contribution in [1.82, 2.24) is 10.2 Å². The zero-order chi connectivity index (χ0) is 28.6. The van der Waals surface area contributed by atoms with Gasteiger partial charge in [-0.3, -0.25) is 13.9 Å². The molecular weight excluding hydrogens is 538 g/mol. The molecule has 0 aliphatic rings. The highest BCUT2D eigenvalue weighted by molar-refractivity contribution is 7.92. The molecule has 3 aromatic carbocycles. The second-order valence-corrected chi connectivity index (χ2v) is 11.5. The van der Waals surface area contributed by atoms with Gasteiger partial charge in [-0.15, -0.1) is 0 Å². The number of methoxy groups -OCH3 is 1. The summed E-state index contributed by atoms with van der Waals surface area (Å²) in [5.41, 5.74) is 0.918. The molecule has 39 heavy (non-hydrogen) atoms. The van der Waals surface area contributed by atoms with Gasteiger partial charge in [-0.05, 0) is 56.2 Å². The molecule has 10 heteroatoms. The number of hydrogen-bond acceptors (Lipinski definition) is 5. The summed E-state index contributed by atoms with van der Waals surface area (Å²) in [7, 11) is -2.82. The Labute approximate surface area is 235 Å². The van der Waals surface area contributed by atoms with Crippen LogP contribution < -0.4 is 14.4 Å². The fourth-order valence-electron chi connectivity index (χ4n) is 4.17. The Hall–Kier alpha value is -3.56. The number of ether oxygens (including phenoxy) is 1. The monoisotopic (exact) mass is 571 g/mol. The van der Waals surface area contributed by atoms with Gasteiger partial charge in [0.05, 0.1) is 17.7 Å². The molecule has 2 amide bonds. The van der Waals surface area contributed by atoms with Gasteiger partial charge < -0.3 is 15.0 Å². The first kappa shape index (κ1) is 30.0. The molecule has 1 atom stereocenters. The molecule has 3 rings (SSSR count). The van der Waals surface area contributed by atoms with E-state index in [4.69, 9.17) is 16.3 Å². The zero-order valence-corrected chi connectivity index (χ0v) is 24.1. The van der Waals surface area contributed by atoms with Gasteiger partial charge in [0.2, 0.25) is 11.8 Å². The number of carbonyl (C=O) groups is 2. The van der Waals surface area contributed by atoms with Gasteiger partial charge in [0.25, 0.3) is 10.0 Å². The number of nitrogens with one attached hydrogen (secondary N) is 1. The van der Waals surface area contributed by atoms with E-state index in [0.29, 0.717) is 6.42 Å². The highest BCUT2D eigenvalue weighted by Gasteiger charge is 2.35. The number of nitrogens with zero attached hydrogens (tertiary/aromatic N) is 2. The third kappa shape index (κ3) is 7.52. The van der Waals surface area contributed by atoms with E-state index in [2.05, 4.69) is 5.32 Å². The topological polar surface area (TPSA) is 96.0 Å². The predicted molar refractivity (Wildman–Crippen MR) is 153 cm³/mol. The summed E-state index contributed by atoms with van der Waals surface area (Å²) in [4.78, 5) is 28.6. The molecule has 0 unspecified atom stereocenters. The van der Waals surface area contributed by atoms with Crippen molar-refractivity contribution in [3.05, 3.63) is 89.4 Å². The van der Waals surface area contributed by atoms with Crippen LogP contribution in [0.5, 0.6) is 5.75 Å². The molecule has 0 saturated carbocycles. The smallest absolute Gasteiger partial charge is 0.264 e. The molecule has 0 fully saturated rings. The highest BCUT2D eigenvalue weighted by Crippen LogP contribution is 2.35. The summed E-state index contributed by atoms with van der Waals surface area (Å²) in [5.74, 6) is -0.633. The molecule has 0 aliphatic heterocycles. The minimum absolute atomic E-state index is 0.000898. The van der Waals surface area contributed by atoms with Gasteiger partial charge >= 0.3 is 0 Å². The van der Waals surface area contributed by atoms with E-state index >= 15 is 0 Å². The van der Waals surface area contributed by atoms with Crippen molar-refractivity contribution in [2.24, 2.45) is 0 Å². The molecule has 0 aromatic heterocycles. The largest absolute Gasteiger partial charge is 0.495 e. The van der Waals surface area contributed by atoms with E-state index in [1.165, 1.54) is 30.2 Å². The third-order valence-corrected chi connectivity index (χ3v) is 8.04. The Morgan fingerprint density at radius 2 is 1.59 bits per heavy atom. The Kier molecular flexibility index (Phi) is 10.4. The van der Waals surface area contributed by atoms with Crippen molar-refractivity contribution in [2.75, 3.05) is 18.0 Å². The maximum atomic E-state index is 14.1. The number of sulfonamides is 1. The van der Waals surface area contributed by atoms with Crippen molar-refractivity contribution in [3.8, 4) is 5.75 Å². The third-order valence-electron chi connectivity index (χ3n) is 6.03. The van der Waals surface area contributed by atoms with E-state index in [-0.39, 0.29) is 39.8 Å². The second-order valence-electron chi connectivity index (χ2n) is 9.24. The van der Waals surface area contributed by atoms with E-state index in [1.54, 1.807) is 30.3 Å². The minimum Gasteiger partial charge on any atom is -0.495 e. The average molecular weight is 572 g/mol. The Bertz CT molecular complexity index is 1370. The quantitative estimate of drug-likeness (QED) is 0.334. The summed E-state index contributed by atoms with van der Waals surface area (Å²) in [5, 5.41) is 3.15. The van der Waals surface area contributed by atoms with Crippen molar-refractivity contribution in [3.63, 3.8) is 0 Å². The highest BCUT2D eigenvalue weighted by atomic mass is 35.5. The van der Waals surface area contributed by atoms with E-state index in [1.807, 2.05) is 51.1 Å². The lowest BCUT2D eigenvalue weighted by molar-refractivity contribution is -0.140. The normalized spacial score (nSPS) is 12.1. The molecule has 0 heterocycles. The molecule has 0 radical (unpaired) electrons. The van der Waals surface area contributed by atoms with E-state index < -0.39 is 28.5 Å². The van der Waals surface area contributed by atoms with Crippen LogP contribution in [0.2, 0.25) is 5.02 Å². The standard InChI is InChI=1S/C29H34ClN3O5S/c1-5-25(29(35)31-21(2)3)32(19-22-12-8-6-9-13-22)28(34)20-33(26-18-23(30)16-17-27(26)38-4)39(36,37)24-14-10-7-11-15-24/h6-18,21,25H,5,19-20H2,1-4H3,(H,31,35)/t25-/m0/s1. The fraction of sp³-hybridized carbons (Fsp3) is 0.310. The number of halogens is 1. The number of anilines is 1. The molecule has 0 saturated heterocycles. The lowest BCUT2D eigenvalue weighted by atomic mass is 10.1. The van der Waals surface area contributed by atoms with Crippen LogP contribution in [0.3, 0.4) is 0 Å². The molecule has 1 N–H and O–H groups in total. The molecule has 3 aromatic rings. The summed E-state index contributed by atoms with van der Waals surface area (Å²) < 4.78 is 34.3. The van der Waals surface area contributed by atoms with Crippen LogP contribution in [0.15, 0.2) is 83.8 Å². The van der Waals surface area contributed by atoms with E-state index in [9.17, 15) is 18.0 Å². The first-order valence-electron chi connectivity index (χ1n) is 12.6. The van der Waals surface area contributed by atoms with Crippen molar-refractivity contribution in [2.45, 2.75) is 50.7 Å². The fourth-order valence-corrected chi connectivity index (χ4v) is 5.78. The van der Waals surface area contributed by atoms with Crippen LogP contribution in [0.1, 0.15) is 32.8 Å². The van der Waals surface area contributed by atoms with Crippen LogP contribution in [0.4, 0.5) is 5.69 Å². The zero-order valence-electron chi connectivity index (χ0n) is 22.5. The number of rotatable bonds is 12. The van der Waals surface area contributed by atoms with Crippen LogP contribution in [-0.4, -0.2) is 50.9 Å². The summed E-state index contributed by atoms with van der Waals surface area (Å²) in [6.07, 6.45) is 0.336.